The number of hydrogen-bond acceptors (Lipinski definition) is 4. The van der Waals surface area contributed by atoms with Crippen molar-refractivity contribution in [2.24, 2.45) is 0 Å². The first-order valence-electron chi connectivity index (χ1n) is 5.67. The van der Waals surface area contributed by atoms with Gasteiger partial charge >= 0.3 is 0 Å². The zero-order chi connectivity index (χ0) is 11.6. The van der Waals surface area contributed by atoms with Crippen LogP contribution in [0.5, 0.6) is 5.88 Å². The Morgan fingerprint density at radius 1 is 1.50 bits per heavy atom. The third kappa shape index (κ3) is 4.77. The summed E-state index contributed by atoms with van der Waals surface area (Å²) >= 11 is 0. The molecular weight excluding hydrogens is 202 g/mol. The maximum Gasteiger partial charge on any atom is 0.225 e. The van der Waals surface area contributed by atoms with Crippen LogP contribution in [0.2, 0.25) is 0 Å². The lowest BCUT2D eigenvalue weighted by Gasteiger charge is -2.06. The van der Waals surface area contributed by atoms with E-state index >= 15 is 0 Å². The van der Waals surface area contributed by atoms with Crippen molar-refractivity contribution >= 4 is 5.95 Å². The Bertz CT molecular complexity index is 326. The van der Waals surface area contributed by atoms with Gasteiger partial charge in [0.15, 0.2) is 0 Å². The van der Waals surface area contributed by atoms with Crippen LogP contribution in [0.4, 0.5) is 5.95 Å². The molecule has 0 unspecified atom stereocenters. The summed E-state index contributed by atoms with van der Waals surface area (Å²) in [5.41, 5.74) is 0. The Morgan fingerprint density at radius 2 is 2.38 bits per heavy atom. The van der Waals surface area contributed by atoms with Crippen LogP contribution >= 0.6 is 0 Å². The first-order chi connectivity index (χ1) is 7.86. The number of anilines is 1. The quantitative estimate of drug-likeness (QED) is 0.568. The number of nitrogens with one attached hydrogen (secondary N) is 1. The molecule has 0 fully saturated rings. The Kier molecular flexibility index (Phi) is 5.99. The van der Waals surface area contributed by atoms with Gasteiger partial charge in [-0.05, 0) is 19.8 Å². The molecule has 4 heteroatoms. The fraction of sp³-hybridized carbons (Fsp3) is 0.500. The van der Waals surface area contributed by atoms with E-state index in [9.17, 15) is 0 Å². The first-order valence-corrected chi connectivity index (χ1v) is 5.67. The Labute approximate surface area is 96.8 Å². The van der Waals surface area contributed by atoms with Crippen molar-refractivity contribution in [3.05, 3.63) is 24.4 Å². The molecule has 4 nitrogen and oxygen atoms in total. The van der Waals surface area contributed by atoms with Gasteiger partial charge in [-0.25, -0.2) is 4.98 Å². The van der Waals surface area contributed by atoms with Gasteiger partial charge in [0.1, 0.15) is 0 Å². The van der Waals surface area contributed by atoms with Crippen LogP contribution in [0, 0.1) is 0 Å². The monoisotopic (exact) mass is 221 g/mol. The molecule has 0 spiro atoms. The normalized spacial score (nSPS) is 10.6. The molecular formula is C12H19N3O. The van der Waals surface area contributed by atoms with E-state index < -0.39 is 0 Å². The number of aromatic nitrogens is 2. The van der Waals surface area contributed by atoms with Gasteiger partial charge in [0.25, 0.3) is 0 Å². The zero-order valence-corrected chi connectivity index (χ0v) is 9.94. The summed E-state index contributed by atoms with van der Waals surface area (Å²) in [6, 6.07) is 1.77. The lowest BCUT2D eigenvalue weighted by Crippen LogP contribution is -2.06. The van der Waals surface area contributed by atoms with Crippen molar-refractivity contribution in [1.29, 1.82) is 0 Å². The highest BCUT2D eigenvalue weighted by molar-refractivity contribution is 5.27. The molecule has 1 heterocycles. The van der Waals surface area contributed by atoms with Gasteiger partial charge in [-0.15, -0.1) is 0 Å². The van der Waals surface area contributed by atoms with Crippen LogP contribution in [0.1, 0.15) is 26.7 Å². The van der Waals surface area contributed by atoms with E-state index in [1.54, 1.807) is 12.3 Å². The second-order valence-corrected chi connectivity index (χ2v) is 3.35. The van der Waals surface area contributed by atoms with Crippen molar-refractivity contribution in [2.75, 3.05) is 18.5 Å². The number of allylic oxidation sites excluding steroid dienone is 1. The molecule has 1 N–H and O–H groups in total. The molecule has 1 aromatic rings. The minimum atomic E-state index is 0.623. The van der Waals surface area contributed by atoms with Crippen molar-refractivity contribution in [1.82, 2.24) is 9.97 Å². The summed E-state index contributed by atoms with van der Waals surface area (Å²) in [7, 11) is 0. The molecule has 1 rings (SSSR count). The number of hydrogen-bond donors (Lipinski definition) is 1. The molecule has 0 aliphatic heterocycles. The van der Waals surface area contributed by atoms with Gasteiger partial charge in [0.05, 0.1) is 6.61 Å². The average molecular weight is 221 g/mol. The number of nitrogens with zero attached hydrogens (tertiary/aromatic N) is 2. The summed E-state index contributed by atoms with van der Waals surface area (Å²) in [5.74, 6) is 1.25. The van der Waals surface area contributed by atoms with Crippen LogP contribution in [0.3, 0.4) is 0 Å². The molecule has 88 valence electrons. The van der Waals surface area contributed by atoms with E-state index in [1.807, 2.05) is 13.0 Å². The molecule has 0 radical (unpaired) electrons. The van der Waals surface area contributed by atoms with Crippen molar-refractivity contribution in [2.45, 2.75) is 26.7 Å². The molecule has 0 saturated carbocycles. The highest BCUT2D eigenvalue weighted by Crippen LogP contribution is 2.08. The predicted molar refractivity (Wildman–Crippen MR) is 65.7 cm³/mol. The molecule has 0 aliphatic rings. The van der Waals surface area contributed by atoms with Crippen molar-refractivity contribution in [3.63, 3.8) is 0 Å². The third-order valence-corrected chi connectivity index (χ3v) is 1.91. The fourth-order valence-corrected chi connectivity index (χ4v) is 1.15. The molecule has 0 aliphatic carbocycles. The maximum atomic E-state index is 5.42. The van der Waals surface area contributed by atoms with Gasteiger partial charge in [-0.2, -0.15) is 4.98 Å². The van der Waals surface area contributed by atoms with E-state index in [1.165, 1.54) is 0 Å². The molecule has 16 heavy (non-hydrogen) atoms. The van der Waals surface area contributed by atoms with E-state index in [0.717, 1.165) is 19.4 Å². The van der Waals surface area contributed by atoms with Crippen LogP contribution in [0.25, 0.3) is 0 Å². The van der Waals surface area contributed by atoms with Gasteiger partial charge < -0.3 is 10.1 Å². The topological polar surface area (TPSA) is 47.0 Å². The Hall–Kier alpha value is -1.58. The Balaban J connectivity index is 2.40. The molecule has 1 aromatic heterocycles. The van der Waals surface area contributed by atoms with E-state index in [4.69, 9.17) is 4.74 Å². The molecule has 0 aromatic carbocycles. The van der Waals surface area contributed by atoms with Crippen molar-refractivity contribution < 1.29 is 4.74 Å². The lowest BCUT2D eigenvalue weighted by atomic mass is 10.4. The first kappa shape index (κ1) is 12.5. The van der Waals surface area contributed by atoms with E-state index in [0.29, 0.717) is 18.4 Å². The summed E-state index contributed by atoms with van der Waals surface area (Å²) in [6.45, 7) is 5.60. The second-order valence-electron chi connectivity index (χ2n) is 3.35. The number of ether oxygens (including phenoxy) is 1. The highest BCUT2D eigenvalue weighted by atomic mass is 16.5. The van der Waals surface area contributed by atoms with E-state index in [2.05, 4.69) is 28.3 Å². The summed E-state index contributed by atoms with van der Waals surface area (Å²) in [5, 5.41) is 3.14. The van der Waals surface area contributed by atoms with Crippen molar-refractivity contribution in [3.8, 4) is 5.88 Å². The highest BCUT2D eigenvalue weighted by Gasteiger charge is 1.98. The van der Waals surface area contributed by atoms with Crippen LogP contribution in [-0.4, -0.2) is 23.1 Å². The third-order valence-electron chi connectivity index (χ3n) is 1.91. The minimum absolute atomic E-state index is 0.623. The molecule has 0 amide bonds. The Morgan fingerprint density at radius 3 is 3.12 bits per heavy atom. The second kappa shape index (κ2) is 7.68. The predicted octanol–water partition coefficient (Wildman–Crippen LogP) is 2.64. The molecule has 0 atom stereocenters. The SMILES string of the molecule is C/C=C/CCNc1nccc(OCCC)n1. The van der Waals surface area contributed by atoms with Gasteiger partial charge in [0.2, 0.25) is 11.8 Å². The fourth-order valence-electron chi connectivity index (χ4n) is 1.15. The van der Waals surface area contributed by atoms with Crippen LogP contribution in [0.15, 0.2) is 24.4 Å². The summed E-state index contributed by atoms with van der Waals surface area (Å²) < 4.78 is 5.42. The summed E-state index contributed by atoms with van der Waals surface area (Å²) in [4.78, 5) is 8.36. The average Bonchev–Trinajstić information content (AvgIpc) is 2.33. The van der Waals surface area contributed by atoms with E-state index in [-0.39, 0.29) is 0 Å². The molecule has 0 saturated heterocycles. The minimum Gasteiger partial charge on any atom is -0.478 e. The standard InChI is InChI=1S/C12H19N3O/c1-3-5-6-8-13-12-14-9-7-11(15-12)16-10-4-2/h3,5,7,9H,4,6,8,10H2,1-2H3,(H,13,14,15)/b5-3+. The smallest absolute Gasteiger partial charge is 0.225 e. The largest absolute Gasteiger partial charge is 0.478 e. The lowest BCUT2D eigenvalue weighted by molar-refractivity contribution is 0.305. The maximum absolute atomic E-state index is 5.42. The van der Waals surface area contributed by atoms with Gasteiger partial charge in [-0.3, -0.25) is 0 Å². The summed E-state index contributed by atoms with van der Waals surface area (Å²) in [6.07, 6.45) is 7.79. The van der Waals surface area contributed by atoms with Gasteiger partial charge in [-0.1, -0.05) is 19.1 Å². The van der Waals surface area contributed by atoms with Crippen LogP contribution < -0.4 is 10.1 Å². The number of rotatable bonds is 7. The van der Waals surface area contributed by atoms with Crippen LogP contribution in [-0.2, 0) is 0 Å². The zero-order valence-electron chi connectivity index (χ0n) is 9.94. The molecule has 0 bridgehead atoms. The van der Waals surface area contributed by atoms with Gasteiger partial charge in [0, 0.05) is 18.8 Å².